The van der Waals surface area contributed by atoms with Gasteiger partial charge in [-0.2, -0.15) is 5.10 Å². The zero-order valence-electron chi connectivity index (χ0n) is 14.1. The fourth-order valence-corrected chi connectivity index (χ4v) is 2.65. The molecule has 3 rings (SSSR count). The van der Waals surface area contributed by atoms with E-state index in [0.29, 0.717) is 17.5 Å². The quantitative estimate of drug-likeness (QED) is 0.677. The Bertz CT molecular complexity index is 887. The number of anilines is 2. The smallest absolute Gasteiger partial charge is 0.176 e. The Balaban J connectivity index is 1.61. The van der Waals surface area contributed by atoms with Gasteiger partial charge in [0.25, 0.3) is 0 Å². The average Bonchev–Trinajstić information content (AvgIpc) is 3.00. The highest BCUT2D eigenvalue weighted by atomic mass is 32.1. The SMILES string of the molecule is Cc1ccc(C)c(NC(=S)Nc2ccn(Cc3ccc(F)cc3)n2)c1. The van der Waals surface area contributed by atoms with E-state index in [1.807, 2.05) is 26.1 Å². The van der Waals surface area contributed by atoms with E-state index >= 15 is 0 Å². The highest BCUT2D eigenvalue weighted by Crippen LogP contribution is 2.17. The van der Waals surface area contributed by atoms with E-state index in [2.05, 4.69) is 33.9 Å². The van der Waals surface area contributed by atoms with Gasteiger partial charge in [0.05, 0.1) is 6.54 Å². The first-order valence-corrected chi connectivity index (χ1v) is 8.33. The van der Waals surface area contributed by atoms with Gasteiger partial charge in [-0.15, -0.1) is 0 Å². The van der Waals surface area contributed by atoms with Crippen LogP contribution in [0.25, 0.3) is 0 Å². The van der Waals surface area contributed by atoms with Crippen molar-refractivity contribution in [2.75, 3.05) is 10.6 Å². The molecule has 1 heterocycles. The second-order valence-electron chi connectivity index (χ2n) is 5.92. The lowest BCUT2D eigenvalue weighted by Crippen LogP contribution is -2.20. The number of aromatic nitrogens is 2. The predicted octanol–water partition coefficient (Wildman–Crippen LogP) is 4.50. The van der Waals surface area contributed by atoms with Crippen molar-refractivity contribution in [2.45, 2.75) is 20.4 Å². The van der Waals surface area contributed by atoms with E-state index in [0.717, 1.165) is 16.8 Å². The summed E-state index contributed by atoms with van der Waals surface area (Å²) in [6.45, 7) is 4.64. The Morgan fingerprint density at radius 3 is 2.60 bits per heavy atom. The third kappa shape index (κ3) is 4.64. The summed E-state index contributed by atoms with van der Waals surface area (Å²) >= 11 is 5.36. The summed E-state index contributed by atoms with van der Waals surface area (Å²) < 4.78 is 14.7. The molecule has 0 unspecified atom stereocenters. The average molecular weight is 354 g/mol. The first kappa shape index (κ1) is 17.1. The van der Waals surface area contributed by atoms with Crippen LogP contribution in [-0.4, -0.2) is 14.9 Å². The number of nitrogens with one attached hydrogen (secondary N) is 2. The maximum absolute atomic E-state index is 13.0. The van der Waals surface area contributed by atoms with Gasteiger partial charge in [0.15, 0.2) is 10.9 Å². The van der Waals surface area contributed by atoms with Crippen LogP contribution in [0.2, 0.25) is 0 Å². The summed E-state index contributed by atoms with van der Waals surface area (Å²) in [6.07, 6.45) is 1.85. The Morgan fingerprint density at radius 2 is 1.84 bits per heavy atom. The number of aryl methyl sites for hydroxylation is 2. The molecule has 128 valence electrons. The molecule has 4 nitrogen and oxygen atoms in total. The van der Waals surface area contributed by atoms with Gasteiger partial charge in [0.1, 0.15) is 5.82 Å². The van der Waals surface area contributed by atoms with Crippen LogP contribution in [0.5, 0.6) is 0 Å². The largest absolute Gasteiger partial charge is 0.332 e. The minimum Gasteiger partial charge on any atom is -0.332 e. The van der Waals surface area contributed by atoms with Crippen molar-refractivity contribution in [3.05, 3.63) is 77.2 Å². The Hall–Kier alpha value is -2.73. The Morgan fingerprint density at radius 1 is 1.08 bits per heavy atom. The van der Waals surface area contributed by atoms with Crippen LogP contribution in [0.1, 0.15) is 16.7 Å². The fourth-order valence-electron chi connectivity index (χ4n) is 2.43. The number of nitrogens with zero attached hydrogens (tertiary/aromatic N) is 2. The molecule has 0 radical (unpaired) electrons. The number of rotatable bonds is 4. The second-order valence-corrected chi connectivity index (χ2v) is 6.33. The van der Waals surface area contributed by atoms with Gasteiger partial charge >= 0.3 is 0 Å². The van der Waals surface area contributed by atoms with Crippen LogP contribution in [-0.2, 0) is 6.54 Å². The molecular formula is C19H19FN4S. The third-order valence-corrected chi connectivity index (χ3v) is 3.99. The van der Waals surface area contributed by atoms with Crippen LogP contribution < -0.4 is 10.6 Å². The van der Waals surface area contributed by atoms with Gasteiger partial charge in [0.2, 0.25) is 0 Å². The number of hydrogen-bond acceptors (Lipinski definition) is 2. The maximum atomic E-state index is 13.0. The molecule has 25 heavy (non-hydrogen) atoms. The molecule has 0 saturated carbocycles. The maximum Gasteiger partial charge on any atom is 0.176 e. The van der Waals surface area contributed by atoms with Crippen LogP contribution in [0, 0.1) is 19.7 Å². The second kappa shape index (κ2) is 7.44. The molecule has 0 aliphatic carbocycles. The van der Waals surface area contributed by atoms with Gasteiger partial charge in [-0.1, -0.05) is 24.3 Å². The molecule has 3 aromatic rings. The van der Waals surface area contributed by atoms with Crippen molar-refractivity contribution in [2.24, 2.45) is 0 Å². The lowest BCUT2D eigenvalue weighted by Gasteiger charge is -2.11. The van der Waals surface area contributed by atoms with Crippen molar-refractivity contribution < 1.29 is 4.39 Å². The van der Waals surface area contributed by atoms with Gasteiger partial charge in [-0.25, -0.2) is 4.39 Å². The van der Waals surface area contributed by atoms with Crippen LogP contribution in [0.4, 0.5) is 15.9 Å². The predicted molar refractivity (Wildman–Crippen MR) is 103 cm³/mol. The van der Waals surface area contributed by atoms with Crippen molar-refractivity contribution in [3.8, 4) is 0 Å². The standard InChI is InChI=1S/C19H19FN4S/c1-13-3-4-14(2)17(11-13)21-19(25)22-18-9-10-24(23-18)12-15-5-7-16(20)8-6-15/h3-11H,12H2,1-2H3,(H2,21,22,23,25). The summed E-state index contributed by atoms with van der Waals surface area (Å²) in [7, 11) is 0. The van der Waals surface area contributed by atoms with E-state index in [1.54, 1.807) is 16.8 Å². The lowest BCUT2D eigenvalue weighted by atomic mass is 10.1. The van der Waals surface area contributed by atoms with Gasteiger partial charge < -0.3 is 10.6 Å². The highest BCUT2D eigenvalue weighted by molar-refractivity contribution is 7.80. The normalized spacial score (nSPS) is 10.5. The lowest BCUT2D eigenvalue weighted by molar-refractivity contribution is 0.624. The van der Waals surface area contributed by atoms with E-state index < -0.39 is 0 Å². The molecule has 6 heteroatoms. The molecule has 2 aromatic carbocycles. The fraction of sp³-hybridized carbons (Fsp3) is 0.158. The molecule has 1 aromatic heterocycles. The van der Waals surface area contributed by atoms with Crippen molar-refractivity contribution in [3.63, 3.8) is 0 Å². The molecule has 0 aliphatic heterocycles. The molecule has 0 atom stereocenters. The van der Waals surface area contributed by atoms with Gasteiger partial charge in [0, 0.05) is 18.0 Å². The van der Waals surface area contributed by atoms with Crippen LogP contribution in [0.3, 0.4) is 0 Å². The molecule has 0 bridgehead atoms. The van der Waals surface area contributed by atoms with Crippen LogP contribution in [0.15, 0.2) is 54.7 Å². The Kier molecular flexibility index (Phi) is 5.09. The monoisotopic (exact) mass is 354 g/mol. The molecule has 2 N–H and O–H groups in total. The number of halogens is 1. The minimum atomic E-state index is -0.241. The minimum absolute atomic E-state index is 0.241. The molecule has 0 amide bonds. The molecule has 0 fully saturated rings. The first-order valence-electron chi connectivity index (χ1n) is 7.93. The summed E-state index contributed by atoms with van der Waals surface area (Å²) in [5.74, 6) is 0.416. The summed E-state index contributed by atoms with van der Waals surface area (Å²) in [5.41, 5.74) is 4.24. The molecular weight excluding hydrogens is 335 g/mol. The van der Waals surface area contributed by atoms with E-state index in [-0.39, 0.29) is 5.82 Å². The van der Waals surface area contributed by atoms with Gasteiger partial charge in [-0.05, 0) is 61.0 Å². The molecule has 0 aliphatic rings. The molecule has 0 saturated heterocycles. The topological polar surface area (TPSA) is 41.9 Å². The first-order chi connectivity index (χ1) is 12.0. The van der Waals surface area contributed by atoms with E-state index in [4.69, 9.17) is 12.2 Å². The molecule has 0 spiro atoms. The van der Waals surface area contributed by atoms with Crippen molar-refractivity contribution in [1.82, 2.24) is 9.78 Å². The summed E-state index contributed by atoms with van der Waals surface area (Å²) in [4.78, 5) is 0. The number of thiocarbonyl (C=S) groups is 1. The zero-order valence-corrected chi connectivity index (χ0v) is 14.9. The number of benzene rings is 2. The van der Waals surface area contributed by atoms with Crippen molar-refractivity contribution >= 4 is 28.8 Å². The summed E-state index contributed by atoms with van der Waals surface area (Å²) in [5, 5.41) is 11.2. The highest BCUT2D eigenvalue weighted by Gasteiger charge is 2.05. The van der Waals surface area contributed by atoms with E-state index in [1.165, 1.54) is 17.7 Å². The third-order valence-electron chi connectivity index (χ3n) is 3.78. The van der Waals surface area contributed by atoms with E-state index in [9.17, 15) is 4.39 Å². The van der Waals surface area contributed by atoms with Gasteiger partial charge in [-0.3, -0.25) is 4.68 Å². The zero-order chi connectivity index (χ0) is 17.8. The number of hydrogen-bond donors (Lipinski definition) is 2. The Labute approximate surface area is 151 Å². The van der Waals surface area contributed by atoms with Crippen molar-refractivity contribution in [1.29, 1.82) is 0 Å². The summed E-state index contributed by atoms with van der Waals surface area (Å²) in [6, 6.07) is 14.4. The van der Waals surface area contributed by atoms with Crippen LogP contribution >= 0.6 is 12.2 Å².